The first-order valence-corrected chi connectivity index (χ1v) is 8.85. The van der Waals surface area contributed by atoms with Gasteiger partial charge >= 0.3 is 5.97 Å². The van der Waals surface area contributed by atoms with Crippen LogP contribution in [0.4, 0.5) is 0 Å². The molecule has 0 saturated heterocycles. The number of allylic oxidation sites excluding steroid dienone is 1. The van der Waals surface area contributed by atoms with Crippen LogP contribution in [0.15, 0.2) is 34.2 Å². The van der Waals surface area contributed by atoms with E-state index in [0.29, 0.717) is 5.92 Å². The number of aryl methyl sites for hydroxylation is 1. The highest BCUT2D eigenvalue weighted by molar-refractivity contribution is 5.79. The average Bonchev–Trinajstić information content (AvgIpc) is 3.03. The van der Waals surface area contributed by atoms with E-state index in [4.69, 9.17) is 4.42 Å². The second-order valence-electron chi connectivity index (χ2n) is 7.94. The van der Waals surface area contributed by atoms with Crippen LogP contribution in [0, 0.1) is 16.7 Å². The van der Waals surface area contributed by atoms with Crippen LogP contribution in [0.5, 0.6) is 0 Å². The average molecular weight is 316 g/mol. The van der Waals surface area contributed by atoms with Gasteiger partial charge in [-0.25, -0.2) is 0 Å². The third-order valence-corrected chi connectivity index (χ3v) is 6.72. The van der Waals surface area contributed by atoms with Crippen molar-refractivity contribution in [2.45, 2.75) is 65.7 Å². The van der Waals surface area contributed by atoms with Crippen molar-refractivity contribution >= 4 is 5.97 Å². The molecule has 2 aliphatic carbocycles. The molecule has 2 aliphatic rings. The van der Waals surface area contributed by atoms with Gasteiger partial charge in [-0.1, -0.05) is 25.0 Å². The molecule has 0 spiro atoms. The van der Waals surface area contributed by atoms with Crippen LogP contribution in [0.25, 0.3) is 0 Å². The molecule has 0 aliphatic heterocycles. The van der Waals surface area contributed by atoms with Gasteiger partial charge in [0, 0.05) is 0 Å². The molecule has 3 heteroatoms. The van der Waals surface area contributed by atoms with Gasteiger partial charge in [-0.2, -0.15) is 0 Å². The van der Waals surface area contributed by atoms with Crippen molar-refractivity contribution in [3.05, 3.63) is 35.3 Å². The van der Waals surface area contributed by atoms with Crippen molar-refractivity contribution in [3.63, 3.8) is 0 Å². The van der Waals surface area contributed by atoms with Gasteiger partial charge in [-0.3, -0.25) is 4.79 Å². The van der Waals surface area contributed by atoms with Gasteiger partial charge in [0.1, 0.15) is 0 Å². The predicted molar refractivity (Wildman–Crippen MR) is 90.2 cm³/mol. The lowest BCUT2D eigenvalue weighted by molar-refractivity contribution is -0.146. The highest BCUT2D eigenvalue weighted by atomic mass is 16.4. The summed E-state index contributed by atoms with van der Waals surface area (Å²) in [6, 6.07) is 2.04. The van der Waals surface area contributed by atoms with Crippen molar-refractivity contribution in [2.24, 2.45) is 16.7 Å². The summed E-state index contributed by atoms with van der Waals surface area (Å²) in [7, 11) is 0. The summed E-state index contributed by atoms with van der Waals surface area (Å²) < 4.78 is 5.20. The van der Waals surface area contributed by atoms with Crippen molar-refractivity contribution in [1.29, 1.82) is 0 Å². The number of carboxylic acid groups (broad SMARTS) is 1. The predicted octanol–water partition coefficient (Wildman–Crippen LogP) is 5.22. The second-order valence-corrected chi connectivity index (χ2v) is 7.94. The molecule has 23 heavy (non-hydrogen) atoms. The molecule has 0 bridgehead atoms. The van der Waals surface area contributed by atoms with E-state index in [1.807, 2.05) is 19.3 Å². The molecule has 3 rings (SSSR count). The maximum Gasteiger partial charge on any atom is 0.313 e. The van der Waals surface area contributed by atoms with Gasteiger partial charge in [0.15, 0.2) is 0 Å². The zero-order valence-corrected chi connectivity index (χ0v) is 14.5. The molecule has 0 amide bonds. The summed E-state index contributed by atoms with van der Waals surface area (Å²) in [6.45, 7) is 6.64. The van der Waals surface area contributed by atoms with E-state index in [1.165, 1.54) is 16.7 Å². The van der Waals surface area contributed by atoms with Crippen molar-refractivity contribution in [1.82, 2.24) is 0 Å². The number of rotatable bonds is 4. The van der Waals surface area contributed by atoms with Crippen molar-refractivity contribution in [2.75, 3.05) is 0 Å². The van der Waals surface area contributed by atoms with Gasteiger partial charge in [0.25, 0.3) is 0 Å². The van der Waals surface area contributed by atoms with Crippen molar-refractivity contribution < 1.29 is 14.3 Å². The Morgan fingerprint density at radius 2 is 2.13 bits per heavy atom. The summed E-state index contributed by atoms with van der Waals surface area (Å²) in [5.74, 6) is -0.0410. The molecule has 0 unspecified atom stereocenters. The molecule has 3 nitrogen and oxygen atoms in total. The Labute approximate surface area is 138 Å². The fraction of sp³-hybridized carbons (Fsp3) is 0.650. The summed E-state index contributed by atoms with van der Waals surface area (Å²) in [5.41, 5.74) is 3.40. The number of furan rings is 1. The topological polar surface area (TPSA) is 50.4 Å². The van der Waals surface area contributed by atoms with Gasteiger partial charge in [0.2, 0.25) is 0 Å². The van der Waals surface area contributed by atoms with Gasteiger partial charge < -0.3 is 9.52 Å². The van der Waals surface area contributed by atoms with Gasteiger partial charge in [-0.05, 0) is 74.8 Å². The zero-order chi connectivity index (χ0) is 16.7. The van der Waals surface area contributed by atoms with Crippen LogP contribution >= 0.6 is 0 Å². The molecule has 0 saturated carbocycles. The Morgan fingerprint density at radius 1 is 1.35 bits per heavy atom. The van der Waals surface area contributed by atoms with Crippen LogP contribution in [0.3, 0.4) is 0 Å². The lowest BCUT2D eigenvalue weighted by atomic mass is 9.55. The minimum atomic E-state index is -0.648. The number of aliphatic carboxylic acids is 1. The lowest BCUT2D eigenvalue weighted by Crippen LogP contribution is -2.41. The Kier molecular flexibility index (Phi) is 4.16. The Balaban J connectivity index is 1.95. The van der Waals surface area contributed by atoms with Gasteiger partial charge in [-0.15, -0.1) is 0 Å². The summed E-state index contributed by atoms with van der Waals surface area (Å²) >= 11 is 0. The molecule has 1 aromatic rings. The standard InChI is InChI=1S/C20H28O3/c1-14-6-7-17-16(5-4-10-20(17,3)18(21)22)19(14,2)11-8-15-9-12-23-13-15/h9,12-14H,4-8,10-11H2,1-3H3,(H,21,22)/t14-,19+,20+/m1/s1. The minimum Gasteiger partial charge on any atom is -0.481 e. The first kappa shape index (κ1) is 16.4. The zero-order valence-electron chi connectivity index (χ0n) is 14.5. The van der Waals surface area contributed by atoms with E-state index < -0.39 is 11.4 Å². The molecule has 1 aromatic heterocycles. The fourth-order valence-corrected chi connectivity index (χ4v) is 4.76. The molecular formula is C20H28O3. The van der Waals surface area contributed by atoms with E-state index in [-0.39, 0.29) is 5.41 Å². The van der Waals surface area contributed by atoms with Crippen LogP contribution in [-0.4, -0.2) is 11.1 Å². The SMILES string of the molecule is C[C@@H]1CCC2=C(CCC[C@]2(C)C(=O)O)[C@@]1(C)CCc1ccoc1. The Bertz CT molecular complexity index is 613. The summed E-state index contributed by atoms with van der Waals surface area (Å²) in [4.78, 5) is 11.9. The number of carbonyl (C=O) groups is 1. The molecular weight excluding hydrogens is 288 g/mol. The molecule has 1 heterocycles. The summed E-state index contributed by atoms with van der Waals surface area (Å²) in [6.07, 6.45) is 10.5. The van der Waals surface area contributed by atoms with Crippen molar-refractivity contribution in [3.8, 4) is 0 Å². The van der Waals surface area contributed by atoms with Crippen LogP contribution in [0.2, 0.25) is 0 Å². The van der Waals surface area contributed by atoms with Crippen LogP contribution < -0.4 is 0 Å². The molecule has 1 N–H and O–H groups in total. The smallest absolute Gasteiger partial charge is 0.313 e. The third kappa shape index (κ3) is 2.64. The molecule has 0 aromatic carbocycles. The maximum absolute atomic E-state index is 11.9. The number of hydrogen-bond donors (Lipinski definition) is 1. The minimum absolute atomic E-state index is 0.113. The monoisotopic (exact) mass is 316 g/mol. The Morgan fingerprint density at radius 3 is 2.78 bits per heavy atom. The number of hydrogen-bond acceptors (Lipinski definition) is 2. The van der Waals surface area contributed by atoms with E-state index in [2.05, 4.69) is 13.8 Å². The van der Waals surface area contributed by atoms with E-state index in [0.717, 1.165) is 44.9 Å². The normalized spacial score (nSPS) is 34.3. The molecule has 3 atom stereocenters. The fourth-order valence-electron chi connectivity index (χ4n) is 4.76. The largest absolute Gasteiger partial charge is 0.481 e. The molecule has 0 fully saturated rings. The molecule has 0 radical (unpaired) electrons. The highest BCUT2D eigenvalue weighted by Crippen LogP contribution is 2.56. The highest BCUT2D eigenvalue weighted by Gasteiger charge is 2.48. The third-order valence-electron chi connectivity index (χ3n) is 6.72. The second kappa shape index (κ2) is 5.85. The number of carboxylic acids is 1. The first-order valence-electron chi connectivity index (χ1n) is 8.85. The van der Waals surface area contributed by atoms with E-state index in [1.54, 1.807) is 6.26 Å². The van der Waals surface area contributed by atoms with E-state index >= 15 is 0 Å². The Hall–Kier alpha value is -1.51. The van der Waals surface area contributed by atoms with Crippen LogP contribution in [0.1, 0.15) is 64.9 Å². The van der Waals surface area contributed by atoms with Crippen LogP contribution in [-0.2, 0) is 11.2 Å². The lowest BCUT2D eigenvalue weighted by Gasteiger charge is -2.49. The summed E-state index contributed by atoms with van der Waals surface area (Å²) in [5, 5.41) is 9.81. The van der Waals surface area contributed by atoms with Gasteiger partial charge in [0.05, 0.1) is 17.9 Å². The maximum atomic E-state index is 11.9. The molecule has 126 valence electrons. The van der Waals surface area contributed by atoms with E-state index in [9.17, 15) is 9.90 Å². The first-order chi connectivity index (χ1) is 10.9. The quantitative estimate of drug-likeness (QED) is 0.775.